The van der Waals surface area contributed by atoms with Gasteiger partial charge in [-0.2, -0.15) is 18.4 Å². The van der Waals surface area contributed by atoms with Gasteiger partial charge < -0.3 is 9.64 Å². The predicted octanol–water partition coefficient (Wildman–Crippen LogP) is 4.25. The highest BCUT2D eigenvalue weighted by Gasteiger charge is 2.49. The Balaban J connectivity index is 2.33. The maximum Gasteiger partial charge on any atom is 0.416 e. The van der Waals surface area contributed by atoms with Crippen molar-refractivity contribution in [2.75, 3.05) is 25.6 Å². The van der Waals surface area contributed by atoms with Gasteiger partial charge in [-0.3, -0.25) is 14.5 Å². The summed E-state index contributed by atoms with van der Waals surface area (Å²) >= 11 is 0. The first kappa shape index (κ1) is 26.5. The summed E-state index contributed by atoms with van der Waals surface area (Å²) in [4.78, 5) is 42.5. The lowest BCUT2D eigenvalue weighted by Gasteiger charge is -2.40. The third-order valence-electron chi connectivity index (χ3n) is 5.89. The van der Waals surface area contributed by atoms with Gasteiger partial charge >= 0.3 is 12.1 Å². The van der Waals surface area contributed by atoms with Crippen LogP contribution in [0.15, 0.2) is 59.8 Å². The van der Waals surface area contributed by atoms with E-state index in [1.165, 1.54) is 44.1 Å². The van der Waals surface area contributed by atoms with Gasteiger partial charge in [0.1, 0.15) is 5.92 Å². The van der Waals surface area contributed by atoms with E-state index in [2.05, 4.69) is 0 Å². The van der Waals surface area contributed by atoms with Crippen molar-refractivity contribution in [2.45, 2.75) is 25.9 Å². The van der Waals surface area contributed by atoms with E-state index < -0.39 is 41.4 Å². The minimum Gasteiger partial charge on any atom is -0.463 e. The summed E-state index contributed by atoms with van der Waals surface area (Å²) < 4.78 is 45.5. The van der Waals surface area contributed by atoms with E-state index in [9.17, 15) is 27.6 Å². The molecule has 2 aromatic carbocycles. The fourth-order valence-electron chi connectivity index (χ4n) is 4.24. The zero-order valence-corrected chi connectivity index (χ0v) is 20.1. The standard InChI is InChI=1S/C26H24F3N3O4/c1-5-36-25(35)20-15(2)32(19-8-6-7-18(13-19)26(27,28)29)24(34)22(23(33)31(3)4)21(20)17-11-9-16(14-30)10-12-17/h6-13,21-22H,5H2,1-4H3. The third kappa shape index (κ3) is 4.96. The molecule has 1 heterocycles. The number of esters is 1. The van der Waals surface area contributed by atoms with Crippen molar-refractivity contribution in [1.29, 1.82) is 5.26 Å². The van der Waals surface area contributed by atoms with E-state index in [1.807, 2.05) is 6.07 Å². The van der Waals surface area contributed by atoms with Crippen LogP contribution in [0.25, 0.3) is 0 Å². The number of nitriles is 1. The fourth-order valence-corrected chi connectivity index (χ4v) is 4.24. The molecule has 188 valence electrons. The topological polar surface area (TPSA) is 90.7 Å². The van der Waals surface area contributed by atoms with E-state index in [4.69, 9.17) is 10.00 Å². The number of rotatable bonds is 5. The number of allylic oxidation sites excluding steroid dienone is 1. The number of carbonyl (C=O) groups excluding carboxylic acids is 3. The van der Waals surface area contributed by atoms with Crippen molar-refractivity contribution in [3.8, 4) is 6.07 Å². The highest BCUT2D eigenvalue weighted by molar-refractivity contribution is 6.14. The maximum atomic E-state index is 13.8. The molecule has 0 N–H and O–H groups in total. The highest BCUT2D eigenvalue weighted by Crippen LogP contribution is 2.44. The Morgan fingerprint density at radius 2 is 1.78 bits per heavy atom. The maximum absolute atomic E-state index is 13.8. The van der Waals surface area contributed by atoms with Crippen molar-refractivity contribution in [1.82, 2.24) is 4.90 Å². The Morgan fingerprint density at radius 3 is 2.31 bits per heavy atom. The largest absolute Gasteiger partial charge is 0.463 e. The lowest BCUT2D eigenvalue weighted by Crippen LogP contribution is -2.50. The summed E-state index contributed by atoms with van der Waals surface area (Å²) in [6.07, 6.45) is -4.67. The number of hydrogen-bond donors (Lipinski definition) is 0. The van der Waals surface area contributed by atoms with Crippen molar-refractivity contribution in [2.24, 2.45) is 5.92 Å². The number of anilines is 1. The smallest absolute Gasteiger partial charge is 0.416 e. The second-order valence-electron chi connectivity index (χ2n) is 8.36. The Bertz CT molecular complexity index is 1260. The average molecular weight is 499 g/mol. The first-order valence-corrected chi connectivity index (χ1v) is 11.0. The van der Waals surface area contributed by atoms with Crippen LogP contribution in [0.1, 0.15) is 36.5 Å². The molecule has 1 aliphatic rings. The van der Waals surface area contributed by atoms with Gasteiger partial charge in [0.05, 0.1) is 29.4 Å². The molecule has 2 amide bonds. The molecule has 36 heavy (non-hydrogen) atoms. The second-order valence-corrected chi connectivity index (χ2v) is 8.36. The summed E-state index contributed by atoms with van der Waals surface area (Å²) in [5.74, 6) is -4.77. The summed E-state index contributed by atoms with van der Waals surface area (Å²) in [5.41, 5.74) is -0.352. The minimum atomic E-state index is -4.67. The number of halogens is 3. The lowest BCUT2D eigenvalue weighted by molar-refractivity contribution is -0.142. The van der Waals surface area contributed by atoms with Crippen molar-refractivity contribution >= 4 is 23.5 Å². The van der Waals surface area contributed by atoms with Crippen LogP contribution < -0.4 is 4.90 Å². The summed E-state index contributed by atoms with van der Waals surface area (Å²) in [6, 6.07) is 12.2. The molecule has 2 atom stereocenters. The van der Waals surface area contributed by atoms with Crippen LogP contribution in [-0.4, -0.2) is 43.4 Å². The van der Waals surface area contributed by atoms with Crippen LogP contribution in [0.3, 0.4) is 0 Å². The zero-order chi connectivity index (χ0) is 26.8. The minimum absolute atomic E-state index is 0.000494. The van der Waals surface area contributed by atoms with Gasteiger partial charge in [0.2, 0.25) is 11.8 Å². The Morgan fingerprint density at radius 1 is 1.14 bits per heavy atom. The van der Waals surface area contributed by atoms with E-state index in [0.29, 0.717) is 11.1 Å². The van der Waals surface area contributed by atoms with Crippen LogP contribution in [0.2, 0.25) is 0 Å². The van der Waals surface area contributed by atoms with Crippen LogP contribution in [-0.2, 0) is 25.3 Å². The average Bonchev–Trinajstić information content (AvgIpc) is 2.83. The van der Waals surface area contributed by atoms with E-state index >= 15 is 0 Å². The Kier molecular flexibility index (Phi) is 7.53. The van der Waals surface area contributed by atoms with Crippen LogP contribution in [0.4, 0.5) is 18.9 Å². The summed E-state index contributed by atoms with van der Waals surface area (Å²) in [5, 5.41) is 9.15. The number of nitrogens with zero attached hydrogens (tertiary/aromatic N) is 3. The van der Waals surface area contributed by atoms with Crippen molar-refractivity contribution < 1.29 is 32.3 Å². The normalized spacial score (nSPS) is 18.1. The molecule has 7 nitrogen and oxygen atoms in total. The molecule has 0 saturated heterocycles. The molecule has 0 bridgehead atoms. The first-order chi connectivity index (χ1) is 16.9. The van der Waals surface area contributed by atoms with Gasteiger partial charge in [-0.15, -0.1) is 0 Å². The second kappa shape index (κ2) is 10.2. The number of amides is 2. The van der Waals surface area contributed by atoms with Gasteiger partial charge in [0, 0.05) is 31.4 Å². The lowest BCUT2D eigenvalue weighted by atomic mass is 9.75. The van der Waals surface area contributed by atoms with E-state index in [-0.39, 0.29) is 23.6 Å². The number of carbonyl (C=O) groups is 3. The van der Waals surface area contributed by atoms with Crippen molar-refractivity contribution in [3.05, 3.63) is 76.5 Å². The molecule has 10 heteroatoms. The van der Waals surface area contributed by atoms with Gasteiger partial charge in [-0.1, -0.05) is 18.2 Å². The van der Waals surface area contributed by atoms with Gasteiger partial charge in [-0.05, 0) is 49.7 Å². The molecule has 3 rings (SSSR count). The van der Waals surface area contributed by atoms with E-state index in [0.717, 1.165) is 23.1 Å². The fraction of sp³-hybridized carbons (Fsp3) is 0.308. The quantitative estimate of drug-likeness (QED) is 0.453. The molecule has 2 aromatic rings. The molecule has 2 unspecified atom stereocenters. The molecule has 0 fully saturated rings. The SMILES string of the molecule is CCOC(=O)C1=C(C)N(c2cccc(C(F)(F)F)c2)C(=O)C(C(=O)N(C)C)C1c1ccc(C#N)cc1. The molecule has 0 aromatic heterocycles. The number of hydrogen-bond acceptors (Lipinski definition) is 5. The molecule has 0 spiro atoms. The number of benzene rings is 2. The molecule has 0 aliphatic carbocycles. The summed E-state index contributed by atoms with van der Waals surface area (Å²) in [6.45, 7) is 3.02. The Labute approximate surface area is 206 Å². The predicted molar refractivity (Wildman–Crippen MR) is 124 cm³/mol. The Hall–Kier alpha value is -4.13. The van der Waals surface area contributed by atoms with E-state index in [1.54, 1.807) is 19.1 Å². The van der Waals surface area contributed by atoms with Crippen molar-refractivity contribution in [3.63, 3.8) is 0 Å². The third-order valence-corrected chi connectivity index (χ3v) is 5.89. The van der Waals surface area contributed by atoms with Gasteiger partial charge in [0.25, 0.3) is 0 Å². The van der Waals surface area contributed by atoms with Gasteiger partial charge in [0.15, 0.2) is 0 Å². The molecule has 0 radical (unpaired) electrons. The number of alkyl halides is 3. The molecule has 0 saturated carbocycles. The van der Waals surface area contributed by atoms with Crippen LogP contribution >= 0.6 is 0 Å². The molecule has 1 aliphatic heterocycles. The van der Waals surface area contributed by atoms with Crippen LogP contribution in [0, 0.1) is 17.2 Å². The van der Waals surface area contributed by atoms with Gasteiger partial charge in [-0.25, -0.2) is 4.79 Å². The summed E-state index contributed by atoms with van der Waals surface area (Å²) in [7, 11) is 2.88. The van der Waals surface area contributed by atoms with Crippen LogP contribution in [0.5, 0.6) is 0 Å². The monoisotopic (exact) mass is 499 g/mol. The highest BCUT2D eigenvalue weighted by atomic mass is 19.4. The first-order valence-electron chi connectivity index (χ1n) is 11.0. The molecular formula is C26H24F3N3O4. The zero-order valence-electron chi connectivity index (χ0n) is 20.1. The molecular weight excluding hydrogens is 475 g/mol. The number of ether oxygens (including phenoxy) is 1.